The smallest absolute Gasteiger partial charge is 0.0478 e. The molecule has 0 aromatic carbocycles. The van der Waals surface area contributed by atoms with Gasteiger partial charge in [-0.05, 0) is 19.4 Å². The van der Waals surface area contributed by atoms with Gasteiger partial charge in [-0.3, -0.25) is 0 Å². The molecule has 0 aliphatic heterocycles. The second kappa shape index (κ2) is 21.5. The molecule has 0 heterocycles. The van der Waals surface area contributed by atoms with E-state index in [1.807, 2.05) is 0 Å². The molecule has 0 aliphatic carbocycles. The average Bonchev–Trinajstić information content (AvgIpc) is 2.43. The van der Waals surface area contributed by atoms with Crippen LogP contribution in [0.4, 0.5) is 0 Å². The Bertz CT molecular complexity index is 140. The highest BCUT2D eigenvalue weighted by molar-refractivity contribution is 5.85. The molecule has 20 heavy (non-hydrogen) atoms. The molecule has 0 spiro atoms. The molecule has 0 aliphatic rings. The molecular weight excluding hydrogens is 270 g/mol. The largest absolute Gasteiger partial charge is 0.381 e. The van der Waals surface area contributed by atoms with Gasteiger partial charge in [0.15, 0.2) is 0 Å². The summed E-state index contributed by atoms with van der Waals surface area (Å²) >= 11 is 0. The van der Waals surface area contributed by atoms with E-state index in [4.69, 9.17) is 10.5 Å². The number of rotatable bonds is 16. The van der Waals surface area contributed by atoms with Gasteiger partial charge in [0.25, 0.3) is 0 Å². The molecule has 124 valence electrons. The summed E-state index contributed by atoms with van der Waals surface area (Å²) in [7, 11) is 0. The summed E-state index contributed by atoms with van der Waals surface area (Å²) in [6.45, 7) is 4.80. The minimum atomic E-state index is 0. The van der Waals surface area contributed by atoms with Crippen molar-refractivity contribution in [2.75, 3.05) is 19.8 Å². The van der Waals surface area contributed by atoms with Crippen LogP contribution >= 0.6 is 12.4 Å². The number of unbranched alkanes of at least 4 members (excludes halogenated alkanes) is 11. The van der Waals surface area contributed by atoms with Gasteiger partial charge < -0.3 is 10.5 Å². The first-order valence-electron chi connectivity index (χ1n) is 8.69. The summed E-state index contributed by atoms with van der Waals surface area (Å²) in [5.74, 6) is 0. The third-order valence-corrected chi connectivity index (χ3v) is 3.64. The summed E-state index contributed by atoms with van der Waals surface area (Å²) < 4.78 is 5.49. The Labute approximate surface area is 133 Å². The zero-order chi connectivity index (χ0) is 14.0. The molecule has 0 rings (SSSR count). The van der Waals surface area contributed by atoms with E-state index in [1.54, 1.807) is 0 Å². The van der Waals surface area contributed by atoms with Gasteiger partial charge >= 0.3 is 0 Å². The van der Waals surface area contributed by atoms with Crippen LogP contribution in [0, 0.1) is 0 Å². The van der Waals surface area contributed by atoms with Crippen molar-refractivity contribution in [3.05, 3.63) is 0 Å². The zero-order valence-electron chi connectivity index (χ0n) is 13.7. The fraction of sp³-hybridized carbons (Fsp3) is 1.00. The molecule has 0 radical (unpaired) electrons. The Balaban J connectivity index is 0. The van der Waals surface area contributed by atoms with E-state index in [2.05, 4.69) is 6.92 Å². The maximum absolute atomic E-state index is 5.49. The fourth-order valence-corrected chi connectivity index (χ4v) is 2.33. The van der Waals surface area contributed by atoms with Crippen LogP contribution in [-0.2, 0) is 4.74 Å². The quantitative estimate of drug-likeness (QED) is 0.383. The molecule has 2 nitrogen and oxygen atoms in total. The normalized spacial score (nSPS) is 10.5. The van der Waals surface area contributed by atoms with Crippen molar-refractivity contribution < 1.29 is 4.74 Å². The molecular formula is C17H38ClNO. The van der Waals surface area contributed by atoms with Crippen LogP contribution in [0.15, 0.2) is 0 Å². The van der Waals surface area contributed by atoms with Gasteiger partial charge in [0.05, 0.1) is 0 Å². The molecule has 0 atom stereocenters. The lowest BCUT2D eigenvalue weighted by Gasteiger charge is -2.04. The van der Waals surface area contributed by atoms with Gasteiger partial charge in [-0.2, -0.15) is 0 Å². The van der Waals surface area contributed by atoms with Crippen molar-refractivity contribution >= 4 is 12.4 Å². The summed E-state index contributed by atoms with van der Waals surface area (Å²) in [5, 5.41) is 0. The molecule has 0 amide bonds. The fourth-order valence-electron chi connectivity index (χ4n) is 2.33. The van der Waals surface area contributed by atoms with Gasteiger partial charge in [0.2, 0.25) is 0 Å². The topological polar surface area (TPSA) is 35.2 Å². The Morgan fingerprint density at radius 2 is 1.00 bits per heavy atom. The lowest BCUT2D eigenvalue weighted by atomic mass is 10.1. The van der Waals surface area contributed by atoms with E-state index in [-0.39, 0.29) is 12.4 Å². The maximum atomic E-state index is 5.49. The van der Waals surface area contributed by atoms with Crippen LogP contribution in [0.1, 0.15) is 90.4 Å². The third kappa shape index (κ3) is 20.5. The van der Waals surface area contributed by atoms with Crippen molar-refractivity contribution in [3.63, 3.8) is 0 Å². The number of ether oxygens (including phenoxy) is 1. The molecule has 0 bridgehead atoms. The van der Waals surface area contributed by atoms with Gasteiger partial charge in [0, 0.05) is 13.2 Å². The van der Waals surface area contributed by atoms with Crippen LogP contribution < -0.4 is 5.73 Å². The summed E-state index contributed by atoms with van der Waals surface area (Å²) in [5.41, 5.74) is 5.40. The molecule has 0 unspecified atom stereocenters. The molecule has 0 fully saturated rings. The lowest BCUT2D eigenvalue weighted by molar-refractivity contribution is 0.129. The van der Waals surface area contributed by atoms with E-state index in [0.717, 1.165) is 26.2 Å². The third-order valence-electron chi connectivity index (χ3n) is 3.64. The van der Waals surface area contributed by atoms with Crippen LogP contribution in [0.3, 0.4) is 0 Å². The van der Waals surface area contributed by atoms with Crippen molar-refractivity contribution in [2.24, 2.45) is 5.73 Å². The summed E-state index contributed by atoms with van der Waals surface area (Å²) in [6, 6.07) is 0. The number of nitrogens with two attached hydrogens (primary N) is 1. The van der Waals surface area contributed by atoms with Gasteiger partial charge in [-0.15, -0.1) is 12.4 Å². The second-order valence-corrected chi connectivity index (χ2v) is 5.64. The van der Waals surface area contributed by atoms with E-state index in [0.29, 0.717) is 0 Å². The van der Waals surface area contributed by atoms with Crippen molar-refractivity contribution in [1.82, 2.24) is 0 Å². The molecule has 0 aromatic heterocycles. The van der Waals surface area contributed by atoms with E-state index < -0.39 is 0 Å². The molecule has 0 saturated carbocycles. The standard InChI is InChI=1S/C17H37NO.ClH/c1-2-3-4-5-6-7-8-9-10-11-12-13-16-19-17-14-15-18;/h2-18H2,1H3;1H. The first-order chi connectivity index (χ1) is 9.41. The van der Waals surface area contributed by atoms with Crippen LogP contribution in [0.5, 0.6) is 0 Å². The monoisotopic (exact) mass is 307 g/mol. The minimum Gasteiger partial charge on any atom is -0.381 e. The summed E-state index contributed by atoms with van der Waals surface area (Å²) in [4.78, 5) is 0. The van der Waals surface area contributed by atoms with Crippen LogP contribution in [-0.4, -0.2) is 19.8 Å². The molecule has 2 N–H and O–H groups in total. The zero-order valence-corrected chi connectivity index (χ0v) is 14.5. The lowest BCUT2D eigenvalue weighted by Crippen LogP contribution is -2.04. The van der Waals surface area contributed by atoms with Crippen molar-refractivity contribution in [1.29, 1.82) is 0 Å². The Hall–Kier alpha value is 0.210. The minimum absolute atomic E-state index is 0. The van der Waals surface area contributed by atoms with Crippen molar-refractivity contribution in [2.45, 2.75) is 90.4 Å². The first-order valence-corrected chi connectivity index (χ1v) is 8.69. The molecule has 0 aromatic rings. The van der Waals surface area contributed by atoms with E-state index >= 15 is 0 Å². The average molecular weight is 308 g/mol. The first kappa shape index (κ1) is 22.5. The number of hydrogen-bond donors (Lipinski definition) is 1. The highest BCUT2D eigenvalue weighted by Crippen LogP contribution is 2.11. The Kier molecular flexibility index (Phi) is 24.2. The predicted molar refractivity (Wildman–Crippen MR) is 92.8 cm³/mol. The molecule has 3 heteroatoms. The van der Waals surface area contributed by atoms with E-state index in [9.17, 15) is 0 Å². The van der Waals surface area contributed by atoms with Gasteiger partial charge in [-0.25, -0.2) is 0 Å². The predicted octanol–water partition coefficient (Wildman–Crippen LogP) is 5.47. The molecule has 0 saturated heterocycles. The summed E-state index contributed by atoms with van der Waals surface area (Å²) in [6.07, 6.45) is 17.8. The Morgan fingerprint density at radius 1 is 0.600 bits per heavy atom. The van der Waals surface area contributed by atoms with Crippen LogP contribution in [0.2, 0.25) is 0 Å². The van der Waals surface area contributed by atoms with Gasteiger partial charge in [0.1, 0.15) is 0 Å². The highest BCUT2D eigenvalue weighted by Gasteiger charge is 1.93. The highest BCUT2D eigenvalue weighted by atomic mass is 35.5. The Morgan fingerprint density at radius 3 is 1.45 bits per heavy atom. The number of halogens is 1. The van der Waals surface area contributed by atoms with Gasteiger partial charge in [-0.1, -0.05) is 77.6 Å². The van der Waals surface area contributed by atoms with Crippen molar-refractivity contribution in [3.8, 4) is 0 Å². The second-order valence-electron chi connectivity index (χ2n) is 5.64. The van der Waals surface area contributed by atoms with Crippen LogP contribution in [0.25, 0.3) is 0 Å². The van der Waals surface area contributed by atoms with E-state index in [1.165, 1.54) is 77.0 Å². The number of hydrogen-bond acceptors (Lipinski definition) is 2. The SMILES string of the molecule is CCCCCCCCCCCCCCOCCCN.Cl. The maximum Gasteiger partial charge on any atom is 0.0478 e.